The zero-order valence-corrected chi connectivity index (χ0v) is 10.0. The number of phenolic OH excluding ortho intramolecular Hbond substituents is 1. The topological polar surface area (TPSA) is 64.7 Å². The van der Waals surface area contributed by atoms with E-state index in [1.165, 1.54) is 0 Å². The van der Waals surface area contributed by atoms with E-state index in [1.807, 2.05) is 24.4 Å². The van der Waals surface area contributed by atoms with Gasteiger partial charge in [0.15, 0.2) is 0 Å². The van der Waals surface area contributed by atoms with E-state index >= 15 is 0 Å². The van der Waals surface area contributed by atoms with Crippen LogP contribution in [-0.2, 0) is 0 Å². The molecule has 0 spiro atoms. The van der Waals surface area contributed by atoms with Gasteiger partial charge in [0.25, 0.3) is 0 Å². The van der Waals surface area contributed by atoms with Crippen molar-refractivity contribution in [3.63, 3.8) is 0 Å². The molecule has 3 heterocycles. The van der Waals surface area contributed by atoms with Crippen LogP contribution in [0.5, 0.6) is 5.75 Å². The van der Waals surface area contributed by atoms with Gasteiger partial charge in [-0.15, -0.1) is 0 Å². The Labute approximate surface area is 108 Å². The van der Waals surface area contributed by atoms with Gasteiger partial charge in [0, 0.05) is 39.9 Å². The van der Waals surface area contributed by atoms with Crippen LogP contribution in [0.1, 0.15) is 0 Å². The van der Waals surface area contributed by atoms with Crippen molar-refractivity contribution < 1.29 is 5.11 Å². The molecule has 0 amide bonds. The number of fused-ring (bicyclic) bond motifs is 2. The summed E-state index contributed by atoms with van der Waals surface area (Å²) in [7, 11) is 0. The average Bonchev–Trinajstić information content (AvgIpc) is 3.00. The number of phenols is 1. The minimum Gasteiger partial charge on any atom is -0.508 e. The zero-order valence-electron chi connectivity index (χ0n) is 10.0. The summed E-state index contributed by atoms with van der Waals surface area (Å²) < 4.78 is 0. The zero-order chi connectivity index (χ0) is 12.8. The number of aromatic hydroxyl groups is 1. The fraction of sp³-hybridized carbons (Fsp3) is 0. The molecule has 0 saturated carbocycles. The van der Waals surface area contributed by atoms with Crippen LogP contribution in [0.25, 0.3) is 33.2 Å². The van der Waals surface area contributed by atoms with Gasteiger partial charge in [-0.1, -0.05) is 0 Å². The number of nitrogens with one attached hydrogen (secondary N) is 2. The molecule has 92 valence electrons. The summed E-state index contributed by atoms with van der Waals surface area (Å²) >= 11 is 0. The lowest BCUT2D eigenvalue weighted by Gasteiger charge is -1.96. The van der Waals surface area contributed by atoms with E-state index in [2.05, 4.69) is 21.0 Å². The monoisotopic (exact) mass is 249 g/mol. The maximum absolute atomic E-state index is 9.62. The predicted molar refractivity (Wildman–Crippen MR) is 75.1 cm³/mol. The van der Waals surface area contributed by atoms with Crippen LogP contribution >= 0.6 is 0 Å². The van der Waals surface area contributed by atoms with Crippen LogP contribution in [0.15, 0.2) is 48.8 Å². The van der Waals surface area contributed by atoms with Gasteiger partial charge >= 0.3 is 0 Å². The van der Waals surface area contributed by atoms with Gasteiger partial charge in [0.2, 0.25) is 0 Å². The maximum atomic E-state index is 9.62. The number of aromatic amines is 2. The van der Waals surface area contributed by atoms with Crippen molar-refractivity contribution in [3.05, 3.63) is 48.8 Å². The number of pyridine rings is 1. The Morgan fingerprint density at radius 2 is 2.05 bits per heavy atom. The molecule has 4 nitrogen and oxygen atoms in total. The van der Waals surface area contributed by atoms with Gasteiger partial charge in [0.05, 0.1) is 0 Å². The molecule has 0 bridgehead atoms. The quantitative estimate of drug-likeness (QED) is 0.484. The van der Waals surface area contributed by atoms with Crippen LogP contribution < -0.4 is 0 Å². The van der Waals surface area contributed by atoms with Crippen molar-refractivity contribution in [2.24, 2.45) is 0 Å². The van der Waals surface area contributed by atoms with Crippen LogP contribution in [0, 0.1) is 0 Å². The molecule has 0 aliphatic rings. The van der Waals surface area contributed by atoms with Crippen molar-refractivity contribution in [1.29, 1.82) is 0 Å². The SMILES string of the molecule is Oc1ccc2[nH]cc(-c3cc4cccnc4[nH]3)c2c1. The minimum absolute atomic E-state index is 0.266. The summed E-state index contributed by atoms with van der Waals surface area (Å²) in [6.07, 6.45) is 3.71. The first-order valence-corrected chi connectivity index (χ1v) is 6.05. The molecular weight excluding hydrogens is 238 g/mol. The molecule has 0 aliphatic carbocycles. The Morgan fingerprint density at radius 1 is 1.11 bits per heavy atom. The van der Waals surface area contributed by atoms with E-state index in [0.29, 0.717) is 0 Å². The third kappa shape index (κ3) is 1.50. The fourth-order valence-corrected chi connectivity index (χ4v) is 2.43. The van der Waals surface area contributed by atoms with E-state index in [0.717, 1.165) is 33.2 Å². The molecular formula is C15H11N3O. The molecule has 0 aliphatic heterocycles. The Morgan fingerprint density at radius 3 is 2.95 bits per heavy atom. The number of benzene rings is 1. The first-order valence-electron chi connectivity index (χ1n) is 6.05. The van der Waals surface area contributed by atoms with E-state index in [1.54, 1.807) is 18.3 Å². The number of rotatable bonds is 1. The number of H-pyrrole nitrogens is 2. The van der Waals surface area contributed by atoms with Crippen molar-refractivity contribution in [2.75, 3.05) is 0 Å². The van der Waals surface area contributed by atoms with Crippen molar-refractivity contribution >= 4 is 21.9 Å². The van der Waals surface area contributed by atoms with Gasteiger partial charge in [-0.2, -0.15) is 0 Å². The van der Waals surface area contributed by atoms with E-state index in [4.69, 9.17) is 0 Å². The third-order valence-electron chi connectivity index (χ3n) is 3.35. The van der Waals surface area contributed by atoms with Crippen molar-refractivity contribution in [3.8, 4) is 17.0 Å². The fourth-order valence-electron chi connectivity index (χ4n) is 2.43. The van der Waals surface area contributed by atoms with E-state index in [-0.39, 0.29) is 5.75 Å². The summed E-state index contributed by atoms with van der Waals surface area (Å²) in [5.41, 5.74) is 3.89. The van der Waals surface area contributed by atoms with Gasteiger partial charge < -0.3 is 15.1 Å². The standard InChI is InChI=1S/C15H11N3O/c19-10-3-4-13-11(7-10)12(8-17-13)14-6-9-2-1-5-16-15(9)18-14/h1-8,17,19H,(H,16,18). The number of hydrogen-bond donors (Lipinski definition) is 3. The predicted octanol–water partition coefficient (Wildman–Crippen LogP) is 3.42. The highest BCUT2D eigenvalue weighted by Gasteiger charge is 2.09. The van der Waals surface area contributed by atoms with Gasteiger partial charge in [-0.05, 0) is 36.4 Å². The summed E-state index contributed by atoms with van der Waals surface area (Å²) in [4.78, 5) is 10.8. The van der Waals surface area contributed by atoms with Crippen LogP contribution in [-0.4, -0.2) is 20.1 Å². The first-order chi connectivity index (χ1) is 9.31. The molecule has 0 unspecified atom stereocenters. The lowest BCUT2D eigenvalue weighted by Crippen LogP contribution is -1.76. The van der Waals surface area contributed by atoms with Gasteiger partial charge in [0.1, 0.15) is 11.4 Å². The highest BCUT2D eigenvalue weighted by Crippen LogP contribution is 2.31. The molecule has 4 heteroatoms. The Kier molecular flexibility index (Phi) is 1.94. The smallest absolute Gasteiger partial charge is 0.137 e. The summed E-state index contributed by atoms with van der Waals surface area (Å²) in [6, 6.07) is 11.3. The molecule has 0 radical (unpaired) electrons. The third-order valence-corrected chi connectivity index (χ3v) is 3.35. The molecule has 4 aromatic rings. The molecule has 3 aromatic heterocycles. The normalized spacial score (nSPS) is 11.4. The lowest BCUT2D eigenvalue weighted by atomic mass is 10.1. The molecule has 0 saturated heterocycles. The van der Waals surface area contributed by atoms with E-state index in [9.17, 15) is 5.11 Å². The average molecular weight is 249 g/mol. The molecule has 19 heavy (non-hydrogen) atoms. The Balaban J connectivity index is 2.00. The van der Waals surface area contributed by atoms with E-state index < -0.39 is 0 Å². The van der Waals surface area contributed by atoms with Gasteiger partial charge in [-0.25, -0.2) is 4.98 Å². The highest BCUT2D eigenvalue weighted by atomic mass is 16.3. The molecule has 1 aromatic carbocycles. The minimum atomic E-state index is 0.266. The summed E-state index contributed by atoms with van der Waals surface area (Å²) in [6.45, 7) is 0. The van der Waals surface area contributed by atoms with Crippen molar-refractivity contribution in [2.45, 2.75) is 0 Å². The summed E-state index contributed by atoms with van der Waals surface area (Å²) in [5, 5.41) is 11.7. The second-order valence-electron chi connectivity index (χ2n) is 4.56. The Hall–Kier alpha value is -2.75. The number of hydrogen-bond acceptors (Lipinski definition) is 2. The highest BCUT2D eigenvalue weighted by molar-refractivity contribution is 5.97. The molecule has 3 N–H and O–H groups in total. The molecule has 0 fully saturated rings. The second kappa shape index (κ2) is 3.62. The van der Waals surface area contributed by atoms with Gasteiger partial charge in [-0.3, -0.25) is 0 Å². The second-order valence-corrected chi connectivity index (χ2v) is 4.56. The number of aromatic nitrogens is 3. The van der Waals surface area contributed by atoms with Crippen LogP contribution in [0.3, 0.4) is 0 Å². The largest absolute Gasteiger partial charge is 0.508 e. The Bertz CT molecular complexity index is 856. The number of nitrogens with zero attached hydrogens (tertiary/aromatic N) is 1. The maximum Gasteiger partial charge on any atom is 0.137 e. The lowest BCUT2D eigenvalue weighted by molar-refractivity contribution is 0.476. The van der Waals surface area contributed by atoms with Crippen LogP contribution in [0.2, 0.25) is 0 Å². The molecule has 0 atom stereocenters. The first kappa shape index (κ1) is 10.2. The van der Waals surface area contributed by atoms with Crippen LogP contribution in [0.4, 0.5) is 0 Å². The molecule has 4 rings (SSSR count). The van der Waals surface area contributed by atoms with Crippen molar-refractivity contribution in [1.82, 2.24) is 15.0 Å². The summed E-state index contributed by atoms with van der Waals surface area (Å²) in [5.74, 6) is 0.266.